The summed E-state index contributed by atoms with van der Waals surface area (Å²) < 4.78 is 99.4. The Hall–Kier alpha value is -1.45. The number of H-pyrrole nitrogens is 1. The van der Waals surface area contributed by atoms with Gasteiger partial charge in [-0.05, 0) is 24.3 Å². The first kappa shape index (κ1) is 14.0. The Morgan fingerprint density at radius 3 is 1.95 bits per heavy atom. The van der Waals surface area contributed by atoms with Crippen molar-refractivity contribution in [3.05, 3.63) is 30.0 Å². The van der Waals surface area contributed by atoms with Gasteiger partial charge in [-0.15, -0.1) is 0 Å². The van der Waals surface area contributed by atoms with E-state index in [9.17, 15) is 32.6 Å². The van der Waals surface area contributed by atoms with Crippen LogP contribution in [0.3, 0.4) is 0 Å². The highest BCUT2D eigenvalue weighted by atomic mass is 32.5. The molecule has 19 heavy (non-hydrogen) atoms. The maximum atomic E-state index is 12.5. The summed E-state index contributed by atoms with van der Waals surface area (Å²) in [6.45, 7) is 0. The molecule has 0 bridgehead atoms. The molecule has 0 radical (unpaired) electrons. The molecule has 2 aromatic rings. The lowest BCUT2D eigenvalue weighted by molar-refractivity contribution is -0.140. The molecule has 0 saturated heterocycles. The number of aromatic nitrogens is 1. The molecule has 0 aliphatic carbocycles. The van der Waals surface area contributed by atoms with Crippen LogP contribution in [-0.2, 0) is 6.18 Å². The zero-order valence-corrected chi connectivity index (χ0v) is 9.56. The number of hydrogen-bond acceptors (Lipinski definition) is 0. The second-order valence-corrected chi connectivity index (χ2v) is 6.31. The van der Waals surface area contributed by atoms with Crippen molar-refractivity contribution in [2.45, 2.75) is 11.1 Å². The van der Waals surface area contributed by atoms with E-state index in [-0.39, 0.29) is 17.6 Å². The maximum Gasteiger partial charge on any atom is 0.431 e. The zero-order chi connectivity index (χ0) is 14.8. The average molecular weight is 311 g/mol. The van der Waals surface area contributed by atoms with Gasteiger partial charge in [-0.25, -0.2) is 0 Å². The van der Waals surface area contributed by atoms with E-state index in [1.54, 1.807) is 0 Å². The van der Waals surface area contributed by atoms with Crippen LogP contribution in [0.5, 0.6) is 0 Å². The fourth-order valence-electron chi connectivity index (χ4n) is 1.50. The molecule has 2 rings (SSSR count). The van der Waals surface area contributed by atoms with Gasteiger partial charge in [-0.1, -0.05) is 19.4 Å². The van der Waals surface area contributed by atoms with Gasteiger partial charge in [0.15, 0.2) is 0 Å². The molecule has 1 aromatic heterocycles. The Morgan fingerprint density at radius 1 is 0.895 bits per heavy atom. The van der Waals surface area contributed by atoms with Crippen LogP contribution < -0.4 is 0 Å². The van der Waals surface area contributed by atoms with Crippen LogP contribution in [0.2, 0.25) is 0 Å². The zero-order valence-electron chi connectivity index (χ0n) is 8.74. The van der Waals surface area contributed by atoms with Gasteiger partial charge in [0.25, 0.3) is 0 Å². The third-order valence-electron chi connectivity index (χ3n) is 2.34. The fourth-order valence-corrected chi connectivity index (χ4v) is 2.18. The summed E-state index contributed by atoms with van der Waals surface area (Å²) in [6.07, 6.45) is -4.80. The molecule has 0 amide bonds. The lowest BCUT2D eigenvalue weighted by atomic mass is 10.2. The molecule has 0 aliphatic heterocycles. The van der Waals surface area contributed by atoms with Crippen LogP contribution in [0.25, 0.3) is 10.9 Å². The lowest BCUT2D eigenvalue weighted by Crippen LogP contribution is -2.05. The van der Waals surface area contributed by atoms with E-state index in [0.29, 0.717) is 12.1 Å². The normalized spacial score (nSPS) is 17.3. The van der Waals surface area contributed by atoms with Crippen LogP contribution in [0, 0.1) is 0 Å². The Morgan fingerprint density at radius 2 is 1.47 bits per heavy atom. The van der Waals surface area contributed by atoms with Gasteiger partial charge in [-0.2, -0.15) is 13.2 Å². The monoisotopic (exact) mass is 311 g/mol. The highest BCUT2D eigenvalue weighted by Gasteiger charge is 2.65. The van der Waals surface area contributed by atoms with Gasteiger partial charge in [0.05, 0.1) is 0 Å². The Bertz CT molecular complexity index is 650. The molecule has 1 nitrogen and oxygen atoms in total. The second-order valence-electron chi connectivity index (χ2n) is 3.90. The van der Waals surface area contributed by atoms with Gasteiger partial charge in [0, 0.05) is 10.9 Å². The molecule has 1 aromatic carbocycles. The largest absolute Gasteiger partial charge is 0.431 e. The third kappa shape index (κ3) is 2.77. The van der Waals surface area contributed by atoms with Gasteiger partial charge in [0.2, 0.25) is 0 Å². The summed E-state index contributed by atoms with van der Waals surface area (Å²) in [6, 6.07) is 0.948. The molecular formula is C9H5F8NS. The van der Waals surface area contributed by atoms with Crippen LogP contribution in [0.1, 0.15) is 5.69 Å². The number of aromatic amines is 1. The van der Waals surface area contributed by atoms with Crippen LogP contribution in [-0.4, -0.2) is 4.98 Å². The number of halogens is 8. The predicted octanol–water partition coefficient (Wildman–Crippen LogP) is 5.84. The number of hydrogen-bond donors (Lipinski definition) is 1. The highest BCUT2D eigenvalue weighted by molar-refractivity contribution is 8.45. The Labute approximate surface area is 100 Å². The van der Waals surface area contributed by atoms with Crippen molar-refractivity contribution in [1.82, 2.24) is 4.98 Å². The van der Waals surface area contributed by atoms with E-state index in [1.165, 1.54) is 0 Å². The van der Waals surface area contributed by atoms with Gasteiger partial charge >= 0.3 is 16.4 Å². The van der Waals surface area contributed by atoms with E-state index < -0.39 is 32.4 Å². The van der Waals surface area contributed by atoms with Crippen molar-refractivity contribution in [3.8, 4) is 0 Å². The molecule has 1 heterocycles. The van der Waals surface area contributed by atoms with Crippen molar-refractivity contribution in [2.24, 2.45) is 0 Å². The Balaban J connectivity index is 2.67. The molecule has 0 aliphatic rings. The summed E-state index contributed by atoms with van der Waals surface area (Å²) in [5.41, 5.74) is -1.61. The maximum absolute atomic E-state index is 12.5. The average Bonchev–Trinajstić information content (AvgIpc) is 2.54. The molecule has 1 N–H and O–H groups in total. The standard InChI is InChI=1S/C9H5F8NS/c10-9(11,12)8-4-5-3-6(1-2-7(5)18-8)19(13,14,15,16)17/h1-4,18H. The van der Waals surface area contributed by atoms with E-state index in [1.807, 2.05) is 4.98 Å². The van der Waals surface area contributed by atoms with Crippen LogP contribution in [0.15, 0.2) is 29.2 Å². The van der Waals surface area contributed by atoms with Crippen LogP contribution >= 0.6 is 10.2 Å². The topological polar surface area (TPSA) is 15.8 Å². The first-order chi connectivity index (χ1) is 8.16. The molecule has 10 heteroatoms. The number of benzene rings is 1. The van der Waals surface area contributed by atoms with Gasteiger partial charge in [-0.3, -0.25) is 0 Å². The van der Waals surface area contributed by atoms with Crippen LogP contribution in [0.4, 0.5) is 32.6 Å². The number of alkyl halides is 3. The minimum absolute atomic E-state index is 0.00261. The molecule has 0 fully saturated rings. The van der Waals surface area contributed by atoms with Crippen molar-refractivity contribution in [2.75, 3.05) is 0 Å². The number of fused-ring (bicyclic) bond motifs is 1. The van der Waals surface area contributed by atoms with E-state index >= 15 is 0 Å². The second kappa shape index (κ2) is 3.00. The highest BCUT2D eigenvalue weighted by Crippen LogP contribution is 3.02. The summed E-state index contributed by atoms with van der Waals surface area (Å²) >= 11 is 0. The van der Waals surface area contributed by atoms with Crippen molar-refractivity contribution in [3.63, 3.8) is 0 Å². The molecule has 0 unspecified atom stereocenters. The third-order valence-corrected chi connectivity index (χ3v) is 3.49. The Kier molecular flexibility index (Phi) is 2.20. The summed E-state index contributed by atoms with van der Waals surface area (Å²) in [4.78, 5) is -0.407. The first-order valence-corrected chi connectivity index (χ1v) is 6.56. The van der Waals surface area contributed by atoms with E-state index in [4.69, 9.17) is 0 Å². The number of nitrogens with one attached hydrogen (secondary N) is 1. The van der Waals surface area contributed by atoms with Gasteiger partial charge in [0.1, 0.15) is 10.6 Å². The smallest absolute Gasteiger partial charge is 0.351 e. The number of rotatable bonds is 1. The van der Waals surface area contributed by atoms with Crippen molar-refractivity contribution in [1.29, 1.82) is 0 Å². The predicted molar refractivity (Wildman–Crippen MR) is 54.7 cm³/mol. The quantitative estimate of drug-likeness (QED) is 0.636. The minimum Gasteiger partial charge on any atom is -0.351 e. The van der Waals surface area contributed by atoms with Gasteiger partial charge < -0.3 is 4.98 Å². The summed E-state index contributed by atoms with van der Waals surface area (Å²) in [5, 5.41) is -0.585. The van der Waals surface area contributed by atoms with Crippen molar-refractivity contribution >= 4 is 21.1 Å². The fraction of sp³-hybridized carbons (Fsp3) is 0.111. The SMILES string of the molecule is FC(F)(F)c1cc2cc(S(F)(F)(F)(F)F)ccc2[nH]1. The molecule has 108 valence electrons. The van der Waals surface area contributed by atoms with E-state index in [0.717, 1.165) is 0 Å². The minimum atomic E-state index is -9.89. The lowest BCUT2D eigenvalue weighted by Gasteiger charge is -2.40. The van der Waals surface area contributed by atoms with Crippen molar-refractivity contribution < 1.29 is 32.6 Å². The molecule has 0 atom stereocenters. The summed E-state index contributed by atoms with van der Waals surface area (Å²) in [5.74, 6) is 0. The molecule has 0 saturated carbocycles. The molecular weight excluding hydrogens is 306 g/mol. The first-order valence-electron chi connectivity index (χ1n) is 4.61. The summed E-state index contributed by atoms with van der Waals surface area (Å²) in [7, 11) is -9.89. The molecule has 0 spiro atoms. The van der Waals surface area contributed by atoms with E-state index in [2.05, 4.69) is 0 Å².